The van der Waals surface area contributed by atoms with Crippen molar-refractivity contribution in [2.24, 2.45) is 0 Å². The van der Waals surface area contributed by atoms with Crippen LogP contribution in [0, 0.1) is 0 Å². The minimum atomic E-state index is 0.225. The molecule has 1 fully saturated rings. The number of hydrogen-bond donors (Lipinski definition) is 0. The lowest BCUT2D eigenvalue weighted by Crippen LogP contribution is -2.41. The van der Waals surface area contributed by atoms with E-state index in [1.807, 2.05) is 11.8 Å². The summed E-state index contributed by atoms with van der Waals surface area (Å²) in [5.41, 5.74) is 0.389. The van der Waals surface area contributed by atoms with E-state index in [1.165, 1.54) is 6.33 Å². The molecule has 17 heavy (non-hydrogen) atoms. The lowest BCUT2D eigenvalue weighted by atomic mass is 10.2. The third kappa shape index (κ3) is 2.72. The first-order chi connectivity index (χ1) is 8.11. The Morgan fingerprint density at radius 2 is 2.06 bits per heavy atom. The monoisotopic (exact) mass is 271 g/mol. The summed E-state index contributed by atoms with van der Waals surface area (Å²) < 4.78 is 0. The first-order valence-electron chi connectivity index (χ1n) is 5.48. The fourth-order valence-electron chi connectivity index (χ4n) is 2.07. The number of hydrogen-bond acceptors (Lipinski definition) is 5. The van der Waals surface area contributed by atoms with Crippen LogP contribution in [-0.2, 0) is 0 Å². The van der Waals surface area contributed by atoms with E-state index in [0.717, 1.165) is 19.4 Å². The largest absolute Gasteiger partial charge is 0.354 e. The summed E-state index contributed by atoms with van der Waals surface area (Å²) in [7, 11) is 0. The second kappa shape index (κ2) is 5.23. The van der Waals surface area contributed by atoms with Crippen molar-refractivity contribution < 1.29 is 4.79 Å². The van der Waals surface area contributed by atoms with Gasteiger partial charge >= 0.3 is 0 Å². The fraction of sp³-hybridized carbons (Fsp3) is 0.545. The van der Waals surface area contributed by atoms with Crippen LogP contribution in [0.2, 0.25) is 5.15 Å². The molecule has 4 nitrogen and oxygen atoms in total. The van der Waals surface area contributed by atoms with Gasteiger partial charge in [-0.2, -0.15) is 11.8 Å². The van der Waals surface area contributed by atoms with Gasteiger partial charge in [-0.25, -0.2) is 9.97 Å². The quantitative estimate of drug-likeness (QED) is 0.610. The van der Waals surface area contributed by atoms with Crippen molar-refractivity contribution in [3.63, 3.8) is 0 Å². The van der Waals surface area contributed by atoms with Gasteiger partial charge < -0.3 is 4.90 Å². The molecule has 0 saturated carbocycles. The van der Waals surface area contributed by atoms with Crippen molar-refractivity contribution >= 4 is 35.5 Å². The molecule has 0 aliphatic carbocycles. The number of nitrogens with zero attached hydrogens (tertiary/aromatic N) is 3. The van der Waals surface area contributed by atoms with Crippen LogP contribution in [0.25, 0.3) is 0 Å². The molecule has 1 aromatic heterocycles. The summed E-state index contributed by atoms with van der Waals surface area (Å²) in [6.07, 6.45) is 2.14. The molecule has 0 aromatic carbocycles. The Bertz CT molecular complexity index is 419. The van der Waals surface area contributed by atoms with E-state index in [9.17, 15) is 4.79 Å². The first kappa shape index (κ1) is 12.6. The van der Waals surface area contributed by atoms with Gasteiger partial charge in [0.2, 0.25) is 0 Å². The maximum absolute atomic E-state index is 11.1. The van der Waals surface area contributed by atoms with E-state index in [0.29, 0.717) is 21.9 Å². The second-order valence-electron chi connectivity index (χ2n) is 4.18. The lowest BCUT2D eigenvalue weighted by Gasteiger charge is -2.35. The summed E-state index contributed by atoms with van der Waals surface area (Å²) in [4.78, 5) is 21.2. The molecule has 2 atom stereocenters. The number of aldehydes is 1. The summed E-state index contributed by atoms with van der Waals surface area (Å²) in [6.45, 7) is 6.11. The molecule has 0 radical (unpaired) electrons. The molecule has 2 rings (SSSR count). The summed E-state index contributed by atoms with van der Waals surface area (Å²) in [5, 5.41) is 1.27. The molecule has 1 saturated heterocycles. The van der Waals surface area contributed by atoms with E-state index in [4.69, 9.17) is 11.6 Å². The van der Waals surface area contributed by atoms with Crippen molar-refractivity contribution in [2.75, 3.05) is 18.0 Å². The highest BCUT2D eigenvalue weighted by Gasteiger charge is 2.25. The molecule has 0 spiro atoms. The molecule has 0 bridgehead atoms. The van der Waals surface area contributed by atoms with Gasteiger partial charge in [0.25, 0.3) is 0 Å². The van der Waals surface area contributed by atoms with Gasteiger partial charge in [0.1, 0.15) is 17.3 Å². The molecule has 0 amide bonds. The third-order valence-electron chi connectivity index (χ3n) is 2.65. The Hall–Kier alpha value is -0.810. The topological polar surface area (TPSA) is 46.1 Å². The highest BCUT2D eigenvalue weighted by molar-refractivity contribution is 8.00. The van der Waals surface area contributed by atoms with Gasteiger partial charge in [-0.3, -0.25) is 4.79 Å². The highest BCUT2D eigenvalue weighted by Crippen LogP contribution is 2.30. The zero-order valence-corrected chi connectivity index (χ0v) is 11.3. The molecule has 1 aliphatic rings. The average molecular weight is 272 g/mol. The number of halogens is 1. The Morgan fingerprint density at radius 1 is 1.41 bits per heavy atom. The number of rotatable bonds is 2. The van der Waals surface area contributed by atoms with Crippen LogP contribution in [0.3, 0.4) is 0 Å². The Morgan fingerprint density at radius 3 is 2.65 bits per heavy atom. The molecule has 2 heterocycles. The fourth-order valence-corrected chi connectivity index (χ4v) is 3.57. The molecule has 2 unspecified atom stereocenters. The van der Waals surface area contributed by atoms with Crippen molar-refractivity contribution in [2.45, 2.75) is 24.3 Å². The maximum Gasteiger partial charge on any atom is 0.156 e. The van der Waals surface area contributed by atoms with Crippen LogP contribution in [0.4, 0.5) is 5.82 Å². The molecule has 1 aromatic rings. The Balaban J connectivity index is 2.33. The number of anilines is 1. The molecular formula is C11H14ClN3OS. The SMILES string of the molecule is CC1CN(c2ncnc(Cl)c2C=O)CC(C)S1. The Kier molecular flexibility index (Phi) is 3.89. The predicted octanol–water partition coefficient (Wildman–Crippen LogP) is 2.27. The van der Waals surface area contributed by atoms with Crippen LogP contribution in [0.5, 0.6) is 0 Å². The van der Waals surface area contributed by atoms with E-state index >= 15 is 0 Å². The minimum Gasteiger partial charge on any atom is -0.354 e. The van der Waals surface area contributed by atoms with Crippen LogP contribution in [0.15, 0.2) is 6.33 Å². The highest BCUT2D eigenvalue weighted by atomic mass is 35.5. The molecule has 6 heteroatoms. The first-order valence-corrected chi connectivity index (χ1v) is 6.80. The van der Waals surface area contributed by atoms with Gasteiger partial charge in [-0.15, -0.1) is 0 Å². The second-order valence-corrected chi connectivity index (χ2v) is 6.42. The number of carbonyl (C=O) groups excluding carboxylic acids is 1. The minimum absolute atomic E-state index is 0.225. The lowest BCUT2D eigenvalue weighted by molar-refractivity contribution is 0.112. The van der Waals surface area contributed by atoms with Gasteiger partial charge in [-0.1, -0.05) is 25.4 Å². The normalized spacial score (nSPS) is 24.8. The zero-order valence-electron chi connectivity index (χ0n) is 9.76. The van der Waals surface area contributed by atoms with Gasteiger partial charge in [0.05, 0.1) is 5.56 Å². The van der Waals surface area contributed by atoms with E-state index < -0.39 is 0 Å². The van der Waals surface area contributed by atoms with Crippen LogP contribution < -0.4 is 4.90 Å². The molecule has 1 aliphatic heterocycles. The van der Waals surface area contributed by atoms with Crippen LogP contribution in [-0.4, -0.2) is 39.8 Å². The summed E-state index contributed by atoms with van der Waals surface area (Å²) in [5.74, 6) is 0.652. The molecular weight excluding hydrogens is 258 g/mol. The average Bonchev–Trinajstić information content (AvgIpc) is 2.27. The van der Waals surface area contributed by atoms with Gasteiger partial charge in [0.15, 0.2) is 6.29 Å². The van der Waals surface area contributed by atoms with Crippen LogP contribution in [0.1, 0.15) is 24.2 Å². The number of thioether (sulfide) groups is 1. The predicted molar refractivity (Wildman–Crippen MR) is 71.2 cm³/mol. The van der Waals surface area contributed by atoms with Crippen molar-refractivity contribution in [1.29, 1.82) is 0 Å². The van der Waals surface area contributed by atoms with Gasteiger partial charge in [0, 0.05) is 23.6 Å². The zero-order chi connectivity index (χ0) is 12.4. The van der Waals surface area contributed by atoms with E-state index in [-0.39, 0.29) is 5.15 Å². The standard InChI is InChI=1S/C11H14ClN3OS/c1-7-3-15(4-8(2)17-7)11-9(5-16)10(12)13-6-14-11/h5-8H,3-4H2,1-2H3. The summed E-state index contributed by atoms with van der Waals surface area (Å²) >= 11 is 7.86. The smallest absolute Gasteiger partial charge is 0.156 e. The van der Waals surface area contributed by atoms with E-state index in [1.54, 1.807) is 0 Å². The number of aromatic nitrogens is 2. The van der Waals surface area contributed by atoms with Crippen molar-refractivity contribution in [3.8, 4) is 0 Å². The maximum atomic E-state index is 11.1. The number of carbonyl (C=O) groups is 1. The van der Waals surface area contributed by atoms with Crippen molar-refractivity contribution in [3.05, 3.63) is 17.0 Å². The van der Waals surface area contributed by atoms with Crippen molar-refractivity contribution in [1.82, 2.24) is 9.97 Å². The molecule has 0 N–H and O–H groups in total. The molecule has 92 valence electrons. The third-order valence-corrected chi connectivity index (χ3v) is 4.18. The van der Waals surface area contributed by atoms with Gasteiger partial charge in [-0.05, 0) is 0 Å². The van der Waals surface area contributed by atoms with Crippen LogP contribution >= 0.6 is 23.4 Å². The van der Waals surface area contributed by atoms with E-state index in [2.05, 4.69) is 28.7 Å². The Labute approximate surface area is 110 Å². The summed E-state index contributed by atoms with van der Waals surface area (Å²) in [6, 6.07) is 0.